The van der Waals surface area contributed by atoms with Gasteiger partial charge in [0.25, 0.3) is 0 Å². The van der Waals surface area contributed by atoms with E-state index in [1.165, 1.54) is 12.1 Å². The maximum atomic E-state index is 12.6. The summed E-state index contributed by atoms with van der Waals surface area (Å²) in [5.41, 5.74) is 1.82. The van der Waals surface area contributed by atoms with Crippen molar-refractivity contribution in [1.29, 1.82) is 0 Å². The maximum Gasteiger partial charge on any atom is 0.416 e. The molecular weight excluding hydrogens is 329 g/mol. The van der Waals surface area contributed by atoms with Crippen LogP contribution in [0.3, 0.4) is 0 Å². The highest BCUT2D eigenvalue weighted by Crippen LogP contribution is 2.32. The Kier molecular flexibility index (Phi) is 3.53. The lowest BCUT2D eigenvalue weighted by Crippen LogP contribution is -2.03. The van der Waals surface area contributed by atoms with Crippen LogP contribution in [0.4, 0.5) is 13.2 Å². The van der Waals surface area contributed by atoms with Gasteiger partial charge in [0, 0.05) is 17.0 Å². The minimum Gasteiger partial charge on any atom is -0.356 e. The number of pyridine rings is 1. The second-order valence-corrected chi connectivity index (χ2v) is 5.54. The minimum absolute atomic E-state index is 0.388. The molecule has 0 amide bonds. The van der Waals surface area contributed by atoms with Gasteiger partial charge in [-0.05, 0) is 24.3 Å². The van der Waals surface area contributed by atoms with Gasteiger partial charge in [0.05, 0.1) is 16.8 Å². The van der Waals surface area contributed by atoms with Crippen LogP contribution < -0.4 is 0 Å². The summed E-state index contributed by atoms with van der Waals surface area (Å²) in [7, 11) is 0. The normalized spacial score (nSPS) is 11.8. The van der Waals surface area contributed by atoms with Gasteiger partial charge in [0.2, 0.25) is 0 Å². The van der Waals surface area contributed by atoms with Gasteiger partial charge in [-0.2, -0.15) is 13.2 Å². The lowest BCUT2D eigenvalue weighted by atomic mass is 10.1. The van der Waals surface area contributed by atoms with E-state index in [0.29, 0.717) is 22.7 Å². The van der Waals surface area contributed by atoms with Gasteiger partial charge in [-0.25, -0.2) is 4.98 Å². The number of alkyl halides is 3. The molecule has 0 aliphatic heterocycles. The van der Waals surface area contributed by atoms with Crippen LogP contribution in [0.25, 0.3) is 33.6 Å². The maximum absolute atomic E-state index is 12.6. The van der Waals surface area contributed by atoms with Crippen LogP contribution in [0.5, 0.6) is 0 Å². The zero-order chi connectivity index (χ0) is 17.4. The molecule has 6 heteroatoms. The fourth-order valence-electron chi connectivity index (χ4n) is 2.56. The number of rotatable bonds is 2. The average molecular weight is 340 g/mol. The van der Waals surface area contributed by atoms with E-state index in [4.69, 9.17) is 4.52 Å². The average Bonchev–Trinajstić information content (AvgIpc) is 3.11. The number of halogens is 3. The summed E-state index contributed by atoms with van der Waals surface area (Å²) in [6.07, 6.45) is -4.36. The highest BCUT2D eigenvalue weighted by molar-refractivity contribution is 5.81. The summed E-state index contributed by atoms with van der Waals surface area (Å²) in [6, 6.07) is 17.9. The van der Waals surface area contributed by atoms with Crippen LogP contribution in [-0.2, 0) is 6.18 Å². The molecule has 0 spiro atoms. The first-order valence-corrected chi connectivity index (χ1v) is 7.51. The molecule has 3 nitrogen and oxygen atoms in total. The monoisotopic (exact) mass is 340 g/mol. The Morgan fingerprint density at radius 2 is 1.56 bits per heavy atom. The van der Waals surface area contributed by atoms with Gasteiger partial charge >= 0.3 is 6.18 Å². The van der Waals surface area contributed by atoms with E-state index in [-0.39, 0.29) is 0 Å². The van der Waals surface area contributed by atoms with Crippen LogP contribution in [0, 0.1) is 0 Å². The zero-order valence-corrected chi connectivity index (χ0v) is 12.8. The summed E-state index contributed by atoms with van der Waals surface area (Å²) < 4.78 is 43.2. The molecule has 0 aliphatic carbocycles. The minimum atomic E-state index is -4.36. The number of nitrogens with zero attached hydrogens (tertiary/aromatic N) is 2. The Hall–Kier alpha value is -3.15. The van der Waals surface area contributed by atoms with Crippen molar-refractivity contribution in [1.82, 2.24) is 10.1 Å². The van der Waals surface area contributed by atoms with E-state index in [1.807, 2.05) is 36.4 Å². The predicted octanol–water partition coefficient (Wildman–Crippen LogP) is 5.58. The van der Waals surface area contributed by atoms with Gasteiger partial charge in [-0.1, -0.05) is 41.6 Å². The van der Waals surface area contributed by atoms with Crippen LogP contribution in [0.15, 0.2) is 71.3 Å². The Morgan fingerprint density at radius 1 is 0.800 bits per heavy atom. The van der Waals surface area contributed by atoms with Gasteiger partial charge in [-0.15, -0.1) is 0 Å². The molecule has 0 bridgehead atoms. The Bertz CT molecular complexity index is 1040. The number of hydrogen-bond donors (Lipinski definition) is 0. The molecule has 0 unspecified atom stereocenters. The first-order valence-electron chi connectivity index (χ1n) is 7.51. The van der Waals surface area contributed by atoms with Gasteiger partial charge < -0.3 is 4.52 Å². The fraction of sp³-hybridized carbons (Fsp3) is 0.0526. The molecule has 25 heavy (non-hydrogen) atoms. The molecule has 0 N–H and O–H groups in total. The van der Waals surface area contributed by atoms with Crippen molar-refractivity contribution >= 4 is 10.9 Å². The SMILES string of the molecule is FC(F)(F)c1ccc(-c2cc(-c3ccc4ccccc4n3)no2)cc1. The Balaban J connectivity index is 1.67. The van der Waals surface area contributed by atoms with Crippen molar-refractivity contribution in [2.24, 2.45) is 0 Å². The summed E-state index contributed by atoms with van der Waals surface area (Å²) >= 11 is 0. The zero-order valence-electron chi connectivity index (χ0n) is 12.8. The third-order valence-corrected chi connectivity index (χ3v) is 3.87. The van der Waals surface area contributed by atoms with Crippen LogP contribution in [0.1, 0.15) is 5.56 Å². The van der Waals surface area contributed by atoms with E-state index < -0.39 is 11.7 Å². The third kappa shape index (κ3) is 2.98. The van der Waals surface area contributed by atoms with Crippen molar-refractivity contribution in [2.45, 2.75) is 6.18 Å². The summed E-state index contributed by atoms with van der Waals surface area (Å²) in [4.78, 5) is 4.53. The first-order chi connectivity index (χ1) is 12.0. The number of aromatic nitrogens is 2. The van der Waals surface area contributed by atoms with Crippen molar-refractivity contribution in [3.63, 3.8) is 0 Å². The molecule has 2 heterocycles. The molecular formula is C19H11F3N2O. The van der Waals surface area contributed by atoms with Gasteiger partial charge in [0.1, 0.15) is 5.69 Å². The first kappa shape index (κ1) is 15.4. The van der Waals surface area contributed by atoms with Crippen LogP contribution >= 0.6 is 0 Å². The molecule has 0 atom stereocenters. The van der Waals surface area contributed by atoms with E-state index in [0.717, 1.165) is 23.0 Å². The number of fused-ring (bicyclic) bond motifs is 1. The molecule has 0 aliphatic rings. The highest BCUT2D eigenvalue weighted by Gasteiger charge is 2.30. The number of hydrogen-bond acceptors (Lipinski definition) is 3. The standard InChI is InChI=1S/C19H11F3N2O/c20-19(21,22)14-8-5-13(6-9-14)18-11-17(24-25-18)16-10-7-12-3-1-2-4-15(12)23-16/h1-11H. The van der Waals surface area contributed by atoms with Crippen molar-refractivity contribution in [2.75, 3.05) is 0 Å². The van der Waals surface area contributed by atoms with Gasteiger partial charge in [-0.3, -0.25) is 0 Å². The molecule has 0 saturated carbocycles. The quantitative estimate of drug-likeness (QED) is 0.478. The summed E-state index contributed by atoms with van der Waals surface area (Å²) in [5, 5.41) is 4.99. The Labute approximate surface area is 140 Å². The lowest BCUT2D eigenvalue weighted by Gasteiger charge is -2.06. The highest BCUT2D eigenvalue weighted by atomic mass is 19.4. The van der Waals surface area contributed by atoms with Crippen LogP contribution in [0.2, 0.25) is 0 Å². The molecule has 4 aromatic rings. The van der Waals surface area contributed by atoms with Crippen LogP contribution in [-0.4, -0.2) is 10.1 Å². The van der Waals surface area contributed by atoms with E-state index in [9.17, 15) is 13.2 Å². The molecule has 4 rings (SSSR count). The molecule has 0 fully saturated rings. The summed E-state index contributed by atoms with van der Waals surface area (Å²) in [6.45, 7) is 0. The predicted molar refractivity (Wildman–Crippen MR) is 87.7 cm³/mol. The van der Waals surface area contributed by atoms with E-state index >= 15 is 0 Å². The molecule has 2 aromatic heterocycles. The second kappa shape index (κ2) is 5.73. The topological polar surface area (TPSA) is 38.9 Å². The lowest BCUT2D eigenvalue weighted by molar-refractivity contribution is -0.137. The molecule has 124 valence electrons. The molecule has 0 radical (unpaired) electrons. The fourth-order valence-corrected chi connectivity index (χ4v) is 2.56. The molecule has 2 aromatic carbocycles. The summed E-state index contributed by atoms with van der Waals surface area (Å²) in [5.74, 6) is 0.388. The van der Waals surface area contributed by atoms with Crippen molar-refractivity contribution in [3.05, 3.63) is 72.3 Å². The molecule has 0 saturated heterocycles. The van der Waals surface area contributed by atoms with Gasteiger partial charge in [0.15, 0.2) is 5.76 Å². The van der Waals surface area contributed by atoms with Crippen molar-refractivity contribution < 1.29 is 17.7 Å². The number of para-hydroxylation sites is 1. The van der Waals surface area contributed by atoms with Crippen molar-refractivity contribution in [3.8, 4) is 22.7 Å². The largest absolute Gasteiger partial charge is 0.416 e. The Morgan fingerprint density at radius 3 is 2.32 bits per heavy atom. The van der Waals surface area contributed by atoms with E-state index in [1.54, 1.807) is 6.07 Å². The third-order valence-electron chi connectivity index (χ3n) is 3.87. The van der Waals surface area contributed by atoms with E-state index in [2.05, 4.69) is 10.1 Å². The number of benzene rings is 2. The smallest absolute Gasteiger partial charge is 0.356 e. The second-order valence-electron chi connectivity index (χ2n) is 5.54.